The number of ether oxygens (including phenoxy) is 2. The fraction of sp³-hybridized carbons (Fsp3) is 0.194. The lowest BCUT2D eigenvalue weighted by atomic mass is 10.1. The van der Waals surface area contributed by atoms with Crippen LogP contribution in [0.2, 0.25) is 0 Å². The van der Waals surface area contributed by atoms with E-state index in [-0.39, 0.29) is 37.6 Å². The van der Waals surface area contributed by atoms with Crippen molar-refractivity contribution < 1.29 is 40.6 Å². The Morgan fingerprint density at radius 1 is 0.810 bits per heavy atom. The molecule has 1 heterocycles. The molecule has 0 bridgehead atoms. The average Bonchev–Trinajstić information content (AvgIpc) is 3.22. The number of esters is 1. The maximum atomic E-state index is 13.2. The van der Waals surface area contributed by atoms with Crippen LogP contribution >= 0.6 is 0 Å². The van der Waals surface area contributed by atoms with Gasteiger partial charge in [-0.15, -0.1) is 0 Å². The van der Waals surface area contributed by atoms with E-state index in [1.165, 1.54) is 16.7 Å². The van der Waals surface area contributed by atoms with Crippen molar-refractivity contribution in [2.75, 3.05) is 6.54 Å². The Morgan fingerprint density at radius 2 is 1.50 bits per heavy atom. The molecular formula is C31H24F6N2O3. The minimum absolute atomic E-state index is 0.0259. The van der Waals surface area contributed by atoms with Gasteiger partial charge in [-0.2, -0.15) is 26.3 Å². The van der Waals surface area contributed by atoms with Crippen molar-refractivity contribution in [3.8, 4) is 11.6 Å². The number of carbonyl (C=O) groups is 1. The number of rotatable bonds is 8. The molecule has 1 aromatic heterocycles. The summed E-state index contributed by atoms with van der Waals surface area (Å²) in [5.41, 5.74) is 6.77. The van der Waals surface area contributed by atoms with Crippen LogP contribution in [0.1, 0.15) is 22.3 Å². The van der Waals surface area contributed by atoms with Gasteiger partial charge in [-0.05, 0) is 71.3 Å². The summed E-state index contributed by atoms with van der Waals surface area (Å²) in [6.07, 6.45) is -9.77. The Balaban J connectivity index is 1.53. The molecular weight excluding hydrogens is 562 g/mol. The van der Waals surface area contributed by atoms with Crippen LogP contribution in [-0.4, -0.2) is 23.3 Å². The predicted molar refractivity (Wildman–Crippen MR) is 145 cm³/mol. The van der Waals surface area contributed by atoms with E-state index in [1.54, 1.807) is 18.2 Å². The van der Waals surface area contributed by atoms with Gasteiger partial charge in [-0.3, -0.25) is 0 Å². The molecule has 2 N–H and O–H groups in total. The number of nitrogens with zero attached hydrogens (tertiary/aromatic N) is 1. The zero-order valence-electron chi connectivity index (χ0n) is 21.9. The standard InChI is InChI=1S/C31H24F6N2O3/c32-30(33,34)23-9-6-19(7-10-23)17-39-27-12-11-24(41-18-20-5-8-21-3-1-2-4-22(21)15-20)16-26(27)25(13-14-38)28(39)42-29(40)31(35,36)37/h1-12,15-16H,13-14,17-18,38H2. The van der Waals surface area contributed by atoms with Crippen LogP contribution in [0.5, 0.6) is 11.6 Å². The molecule has 0 radical (unpaired) electrons. The summed E-state index contributed by atoms with van der Waals surface area (Å²) in [6, 6.07) is 22.8. The van der Waals surface area contributed by atoms with Crippen molar-refractivity contribution in [2.45, 2.75) is 31.9 Å². The number of halogens is 6. The van der Waals surface area contributed by atoms with E-state index >= 15 is 0 Å². The average molecular weight is 587 g/mol. The summed E-state index contributed by atoms with van der Waals surface area (Å²) in [5.74, 6) is -2.40. The Morgan fingerprint density at radius 3 is 2.17 bits per heavy atom. The van der Waals surface area contributed by atoms with E-state index in [2.05, 4.69) is 0 Å². The lowest BCUT2D eigenvalue weighted by Crippen LogP contribution is -2.29. The number of benzene rings is 4. The van der Waals surface area contributed by atoms with Gasteiger partial charge in [0.05, 0.1) is 17.6 Å². The highest BCUT2D eigenvalue weighted by Gasteiger charge is 2.42. The number of aromatic nitrogens is 1. The highest BCUT2D eigenvalue weighted by Crippen LogP contribution is 2.37. The molecule has 11 heteroatoms. The van der Waals surface area contributed by atoms with E-state index in [4.69, 9.17) is 15.2 Å². The summed E-state index contributed by atoms with van der Waals surface area (Å²) in [4.78, 5) is 11.9. The largest absolute Gasteiger partial charge is 0.491 e. The van der Waals surface area contributed by atoms with Gasteiger partial charge in [0, 0.05) is 10.9 Å². The van der Waals surface area contributed by atoms with Gasteiger partial charge in [-0.25, -0.2) is 4.79 Å². The molecule has 4 aromatic carbocycles. The Kier molecular flexibility index (Phi) is 7.87. The van der Waals surface area contributed by atoms with E-state index < -0.39 is 23.9 Å². The van der Waals surface area contributed by atoms with Crippen molar-refractivity contribution in [1.82, 2.24) is 4.57 Å². The number of hydrogen-bond donors (Lipinski definition) is 1. The molecule has 0 atom stereocenters. The van der Waals surface area contributed by atoms with Crippen molar-refractivity contribution in [2.24, 2.45) is 5.73 Å². The van der Waals surface area contributed by atoms with Crippen molar-refractivity contribution in [3.63, 3.8) is 0 Å². The molecule has 0 amide bonds. The van der Waals surface area contributed by atoms with Crippen LogP contribution in [0.15, 0.2) is 84.9 Å². The van der Waals surface area contributed by atoms with Crippen molar-refractivity contribution in [1.29, 1.82) is 0 Å². The molecule has 218 valence electrons. The number of alkyl halides is 6. The minimum atomic E-state index is -5.27. The van der Waals surface area contributed by atoms with Crippen LogP contribution in [0, 0.1) is 0 Å². The first-order valence-electron chi connectivity index (χ1n) is 12.8. The molecule has 0 aliphatic heterocycles. The van der Waals surface area contributed by atoms with E-state index in [0.717, 1.165) is 28.5 Å². The summed E-state index contributed by atoms with van der Waals surface area (Å²) in [7, 11) is 0. The topological polar surface area (TPSA) is 66.5 Å². The quantitative estimate of drug-likeness (QED) is 0.152. The Labute approximate surface area is 236 Å². The lowest BCUT2D eigenvalue weighted by Gasteiger charge is -2.14. The summed E-state index contributed by atoms with van der Waals surface area (Å²) in [6.45, 7) is 0.0693. The fourth-order valence-electron chi connectivity index (χ4n) is 4.75. The van der Waals surface area contributed by atoms with Gasteiger partial charge < -0.3 is 19.8 Å². The summed E-state index contributed by atoms with van der Waals surface area (Å²) >= 11 is 0. The van der Waals surface area contributed by atoms with Crippen LogP contribution in [-0.2, 0) is 30.5 Å². The van der Waals surface area contributed by atoms with E-state index in [1.807, 2.05) is 42.5 Å². The van der Waals surface area contributed by atoms with E-state index in [0.29, 0.717) is 22.2 Å². The van der Waals surface area contributed by atoms with Crippen LogP contribution < -0.4 is 15.2 Å². The first kappa shape index (κ1) is 29.0. The highest BCUT2D eigenvalue weighted by atomic mass is 19.4. The van der Waals surface area contributed by atoms with Gasteiger partial charge in [0.1, 0.15) is 12.4 Å². The normalized spacial score (nSPS) is 12.2. The third kappa shape index (κ3) is 6.20. The Hall–Kier alpha value is -4.51. The smallest absolute Gasteiger partial charge is 0.489 e. The molecule has 42 heavy (non-hydrogen) atoms. The predicted octanol–water partition coefficient (Wildman–Crippen LogP) is 7.41. The first-order valence-corrected chi connectivity index (χ1v) is 12.8. The van der Waals surface area contributed by atoms with Gasteiger partial charge in [-0.1, -0.05) is 48.5 Å². The van der Waals surface area contributed by atoms with Crippen LogP contribution in [0.25, 0.3) is 21.7 Å². The Bertz CT molecular complexity index is 1740. The second-order valence-electron chi connectivity index (χ2n) is 9.64. The number of hydrogen-bond acceptors (Lipinski definition) is 4. The van der Waals surface area contributed by atoms with Crippen LogP contribution in [0.3, 0.4) is 0 Å². The minimum Gasteiger partial charge on any atom is -0.489 e. The molecule has 0 unspecified atom stereocenters. The monoisotopic (exact) mass is 586 g/mol. The van der Waals surface area contributed by atoms with Gasteiger partial charge in [0.2, 0.25) is 5.88 Å². The molecule has 0 saturated heterocycles. The molecule has 5 nitrogen and oxygen atoms in total. The molecule has 5 aromatic rings. The number of fused-ring (bicyclic) bond motifs is 2. The second kappa shape index (κ2) is 11.4. The number of nitrogens with two attached hydrogens (primary N) is 1. The summed E-state index contributed by atoms with van der Waals surface area (Å²) < 4.78 is 90.9. The molecule has 0 saturated carbocycles. The zero-order chi connectivity index (χ0) is 30.1. The van der Waals surface area contributed by atoms with Gasteiger partial charge in [0.15, 0.2) is 0 Å². The fourth-order valence-corrected chi connectivity index (χ4v) is 4.75. The zero-order valence-corrected chi connectivity index (χ0v) is 21.9. The first-order chi connectivity index (χ1) is 19.9. The molecule has 0 fully saturated rings. The third-order valence-corrected chi connectivity index (χ3v) is 6.74. The van der Waals surface area contributed by atoms with E-state index in [9.17, 15) is 31.1 Å². The van der Waals surface area contributed by atoms with Gasteiger partial charge in [0.25, 0.3) is 0 Å². The lowest BCUT2D eigenvalue weighted by molar-refractivity contribution is -0.190. The third-order valence-electron chi connectivity index (χ3n) is 6.74. The number of carbonyl (C=O) groups excluding carboxylic acids is 1. The SMILES string of the molecule is NCCc1c(OC(=O)C(F)(F)F)n(Cc2ccc(C(F)(F)F)cc2)c2ccc(OCc3ccc4ccccc4c3)cc12. The molecule has 5 rings (SSSR count). The second-order valence-corrected chi connectivity index (χ2v) is 9.64. The van der Waals surface area contributed by atoms with Crippen LogP contribution in [0.4, 0.5) is 26.3 Å². The summed E-state index contributed by atoms with van der Waals surface area (Å²) in [5, 5.41) is 2.55. The molecule has 0 spiro atoms. The molecule has 0 aliphatic rings. The molecule has 0 aliphatic carbocycles. The highest BCUT2D eigenvalue weighted by molar-refractivity contribution is 5.90. The van der Waals surface area contributed by atoms with Gasteiger partial charge >= 0.3 is 18.3 Å². The maximum Gasteiger partial charge on any atom is 0.491 e. The maximum absolute atomic E-state index is 13.2. The van der Waals surface area contributed by atoms with Crippen molar-refractivity contribution in [3.05, 3.63) is 107 Å². The van der Waals surface area contributed by atoms with Crippen molar-refractivity contribution >= 4 is 27.6 Å².